The molecule has 1 saturated heterocycles. The Kier molecular flexibility index (Phi) is 5.54. The highest BCUT2D eigenvalue weighted by Crippen LogP contribution is 2.18. The van der Waals surface area contributed by atoms with Gasteiger partial charge in [0.25, 0.3) is 0 Å². The van der Waals surface area contributed by atoms with E-state index < -0.39 is 0 Å². The van der Waals surface area contributed by atoms with E-state index in [1.54, 1.807) is 25.3 Å². The maximum Gasteiger partial charge on any atom is 0.233 e. The van der Waals surface area contributed by atoms with E-state index in [0.29, 0.717) is 31.1 Å². The number of aromatic nitrogens is 2. The molecule has 1 aliphatic heterocycles. The first kappa shape index (κ1) is 15.3. The molecular weight excluding hydrogens is 270 g/mol. The molecule has 2 rings (SSSR count). The van der Waals surface area contributed by atoms with Gasteiger partial charge < -0.3 is 14.4 Å². The zero-order valence-electron chi connectivity index (χ0n) is 12.3. The van der Waals surface area contributed by atoms with E-state index in [1.165, 1.54) is 0 Å². The number of nitrogens with zero attached hydrogens (tertiary/aromatic N) is 3. The molecule has 114 valence electrons. The van der Waals surface area contributed by atoms with Crippen molar-refractivity contribution in [3.8, 4) is 11.8 Å². The van der Waals surface area contributed by atoms with Crippen LogP contribution in [-0.4, -0.2) is 47.3 Å². The first-order valence-corrected chi connectivity index (χ1v) is 7.16. The van der Waals surface area contributed by atoms with Crippen LogP contribution in [0.15, 0.2) is 24.8 Å². The molecule has 0 radical (unpaired) electrons. The number of amides is 1. The van der Waals surface area contributed by atoms with Crippen LogP contribution in [0.2, 0.25) is 0 Å². The Labute approximate surface area is 124 Å². The van der Waals surface area contributed by atoms with Gasteiger partial charge in [0.05, 0.1) is 13.7 Å². The Morgan fingerprint density at radius 1 is 1.48 bits per heavy atom. The molecule has 0 N–H and O–H groups in total. The summed E-state index contributed by atoms with van der Waals surface area (Å²) in [5.74, 6) is 1.07. The van der Waals surface area contributed by atoms with Crippen molar-refractivity contribution in [3.63, 3.8) is 0 Å². The average molecular weight is 291 g/mol. The predicted molar refractivity (Wildman–Crippen MR) is 78.2 cm³/mol. The maximum atomic E-state index is 12.0. The Morgan fingerprint density at radius 3 is 2.90 bits per heavy atom. The summed E-state index contributed by atoms with van der Waals surface area (Å²) in [6, 6.07) is 3.43. The molecule has 0 bridgehead atoms. The third-order valence-electron chi connectivity index (χ3n) is 3.41. The number of hydrogen-bond acceptors (Lipinski definition) is 5. The summed E-state index contributed by atoms with van der Waals surface area (Å²) in [7, 11) is 1.54. The van der Waals surface area contributed by atoms with E-state index in [9.17, 15) is 4.79 Å². The fraction of sp³-hybridized carbons (Fsp3) is 0.533. The van der Waals surface area contributed by atoms with Gasteiger partial charge in [0.15, 0.2) is 0 Å². The van der Waals surface area contributed by atoms with Crippen molar-refractivity contribution in [2.45, 2.75) is 31.8 Å². The Balaban J connectivity index is 1.88. The molecule has 1 unspecified atom stereocenters. The van der Waals surface area contributed by atoms with Crippen LogP contribution in [0.3, 0.4) is 0 Å². The summed E-state index contributed by atoms with van der Waals surface area (Å²) in [5.41, 5.74) is 0. The van der Waals surface area contributed by atoms with Gasteiger partial charge in [-0.1, -0.05) is 6.08 Å². The number of carbonyl (C=O) groups excluding carboxylic acids is 1. The van der Waals surface area contributed by atoms with Crippen molar-refractivity contribution in [3.05, 3.63) is 24.8 Å². The fourth-order valence-corrected chi connectivity index (χ4v) is 2.29. The highest BCUT2D eigenvalue weighted by atomic mass is 16.5. The fourth-order valence-electron chi connectivity index (χ4n) is 2.29. The number of piperidine rings is 1. The Morgan fingerprint density at radius 2 is 2.24 bits per heavy atom. The number of ether oxygens (including phenoxy) is 2. The number of hydrogen-bond donors (Lipinski definition) is 0. The molecule has 1 amide bonds. The van der Waals surface area contributed by atoms with Gasteiger partial charge >= 0.3 is 0 Å². The Bertz CT molecular complexity index is 476. The molecule has 1 aromatic heterocycles. The smallest absolute Gasteiger partial charge is 0.233 e. The van der Waals surface area contributed by atoms with Gasteiger partial charge in [0.1, 0.15) is 6.10 Å². The highest BCUT2D eigenvalue weighted by Gasteiger charge is 2.24. The lowest BCUT2D eigenvalue weighted by Gasteiger charge is -2.32. The lowest BCUT2D eigenvalue weighted by atomic mass is 10.1. The van der Waals surface area contributed by atoms with Crippen molar-refractivity contribution in [2.75, 3.05) is 20.2 Å². The number of carbonyl (C=O) groups is 1. The van der Waals surface area contributed by atoms with Gasteiger partial charge in [-0.3, -0.25) is 4.79 Å². The van der Waals surface area contributed by atoms with E-state index >= 15 is 0 Å². The van der Waals surface area contributed by atoms with Gasteiger partial charge in [-0.25, -0.2) is 0 Å². The lowest BCUT2D eigenvalue weighted by Crippen LogP contribution is -2.44. The third-order valence-corrected chi connectivity index (χ3v) is 3.41. The van der Waals surface area contributed by atoms with E-state index in [-0.39, 0.29) is 12.0 Å². The highest BCUT2D eigenvalue weighted by molar-refractivity contribution is 5.76. The Hall–Kier alpha value is -2.11. The minimum Gasteiger partial charge on any atom is -0.480 e. The van der Waals surface area contributed by atoms with Crippen LogP contribution in [0.1, 0.15) is 25.7 Å². The second kappa shape index (κ2) is 7.61. The summed E-state index contributed by atoms with van der Waals surface area (Å²) in [6.45, 7) is 5.04. The summed E-state index contributed by atoms with van der Waals surface area (Å²) in [4.78, 5) is 13.9. The van der Waals surface area contributed by atoms with Gasteiger partial charge in [0, 0.05) is 25.1 Å². The summed E-state index contributed by atoms with van der Waals surface area (Å²) in [6.07, 6.45) is 4.81. The van der Waals surface area contributed by atoms with Crippen molar-refractivity contribution in [1.82, 2.24) is 15.1 Å². The van der Waals surface area contributed by atoms with Crippen molar-refractivity contribution >= 4 is 5.91 Å². The van der Waals surface area contributed by atoms with Crippen LogP contribution in [0.25, 0.3) is 0 Å². The van der Waals surface area contributed by atoms with Crippen LogP contribution in [-0.2, 0) is 4.79 Å². The quantitative estimate of drug-likeness (QED) is 0.748. The van der Waals surface area contributed by atoms with Crippen LogP contribution in [0, 0.1) is 0 Å². The normalized spacial score (nSPS) is 18.1. The largest absolute Gasteiger partial charge is 0.480 e. The molecule has 1 fully saturated rings. The number of likely N-dealkylation sites (tertiary alicyclic amines) is 1. The molecule has 2 heterocycles. The van der Waals surface area contributed by atoms with E-state index in [0.717, 1.165) is 19.4 Å². The van der Waals surface area contributed by atoms with Crippen LogP contribution in [0.4, 0.5) is 0 Å². The molecule has 21 heavy (non-hydrogen) atoms. The molecule has 6 nitrogen and oxygen atoms in total. The summed E-state index contributed by atoms with van der Waals surface area (Å²) in [5, 5.41) is 7.82. The molecule has 1 atom stereocenters. The second-order valence-electron chi connectivity index (χ2n) is 4.96. The van der Waals surface area contributed by atoms with Crippen LogP contribution < -0.4 is 9.47 Å². The van der Waals surface area contributed by atoms with E-state index in [1.807, 2.05) is 4.90 Å². The molecule has 1 aromatic rings. The minimum absolute atomic E-state index is 0.0332. The number of rotatable bonds is 6. The number of allylic oxidation sites excluding steroid dienone is 1. The summed E-state index contributed by atoms with van der Waals surface area (Å²) >= 11 is 0. The predicted octanol–water partition coefficient (Wildman–Crippen LogP) is 1.82. The SMILES string of the molecule is C=CCCC(=O)N1CCCC(Oc2ccc(OC)nn2)C1. The van der Waals surface area contributed by atoms with Gasteiger partial charge in [-0.05, 0) is 19.3 Å². The van der Waals surface area contributed by atoms with Gasteiger partial charge in [-0.15, -0.1) is 16.8 Å². The van der Waals surface area contributed by atoms with Crippen LogP contribution in [0.5, 0.6) is 11.8 Å². The van der Waals surface area contributed by atoms with E-state index in [4.69, 9.17) is 9.47 Å². The average Bonchev–Trinajstić information content (AvgIpc) is 2.53. The summed E-state index contributed by atoms with van der Waals surface area (Å²) < 4.78 is 10.8. The maximum absolute atomic E-state index is 12.0. The monoisotopic (exact) mass is 291 g/mol. The van der Waals surface area contributed by atoms with Gasteiger partial charge in [0.2, 0.25) is 17.7 Å². The molecular formula is C15H21N3O3. The van der Waals surface area contributed by atoms with Crippen molar-refractivity contribution in [2.24, 2.45) is 0 Å². The minimum atomic E-state index is -0.0332. The first-order chi connectivity index (χ1) is 10.2. The molecule has 6 heteroatoms. The van der Waals surface area contributed by atoms with E-state index in [2.05, 4.69) is 16.8 Å². The first-order valence-electron chi connectivity index (χ1n) is 7.16. The lowest BCUT2D eigenvalue weighted by molar-refractivity contribution is -0.133. The molecule has 0 aromatic carbocycles. The van der Waals surface area contributed by atoms with Crippen molar-refractivity contribution < 1.29 is 14.3 Å². The molecule has 1 aliphatic rings. The van der Waals surface area contributed by atoms with Gasteiger partial charge in [-0.2, -0.15) is 0 Å². The zero-order chi connectivity index (χ0) is 15.1. The number of methoxy groups -OCH3 is 1. The zero-order valence-corrected chi connectivity index (χ0v) is 12.3. The molecule has 0 saturated carbocycles. The molecule has 0 aliphatic carbocycles. The molecule has 0 spiro atoms. The third kappa shape index (κ3) is 4.44. The van der Waals surface area contributed by atoms with Crippen LogP contribution >= 0.6 is 0 Å². The second-order valence-corrected chi connectivity index (χ2v) is 4.96. The standard InChI is InChI=1S/C15H21N3O3/c1-3-4-7-15(19)18-10-5-6-12(11-18)21-14-9-8-13(20-2)16-17-14/h3,8-9,12H,1,4-7,10-11H2,2H3. The van der Waals surface area contributed by atoms with Crippen molar-refractivity contribution in [1.29, 1.82) is 0 Å². The topological polar surface area (TPSA) is 64.6 Å².